The van der Waals surface area contributed by atoms with Gasteiger partial charge in [0.2, 0.25) is 5.91 Å². The highest BCUT2D eigenvalue weighted by atomic mass is 32.2. The summed E-state index contributed by atoms with van der Waals surface area (Å²) < 4.78 is 0. The SMILES string of the molecule is CCC(C)C(N)C(=O)N1CCSc2ccccc21. The number of nitrogens with zero attached hydrogens (tertiary/aromatic N) is 1. The summed E-state index contributed by atoms with van der Waals surface area (Å²) in [5.41, 5.74) is 7.07. The van der Waals surface area contributed by atoms with Crippen molar-refractivity contribution in [1.29, 1.82) is 0 Å². The van der Waals surface area contributed by atoms with Crippen LogP contribution in [0.25, 0.3) is 0 Å². The second kappa shape index (κ2) is 5.76. The number of fused-ring (bicyclic) bond motifs is 1. The number of thioether (sulfide) groups is 1. The first kappa shape index (κ1) is 13.4. The lowest BCUT2D eigenvalue weighted by Crippen LogP contribution is -2.48. The molecule has 0 aromatic heterocycles. The summed E-state index contributed by atoms with van der Waals surface area (Å²) in [5.74, 6) is 1.21. The Morgan fingerprint density at radius 1 is 1.50 bits per heavy atom. The van der Waals surface area contributed by atoms with E-state index in [1.165, 1.54) is 4.90 Å². The molecule has 0 fully saturated rings. The Bertz CT molecular complexity index is 436. The van der Waals surface area contributed by atoms with E-state index in [0.29, 0.717) is 0 Å². The second-order valence-electron chi connectivity index (χ2n) is 4.72. The summed E-state index contributed by atoms with van der Waals surface area (Å²) in [7, 11) is 0. The van der Waals surface area contributed by atoms with Crippen molar-refractivity contribution < 1.29 is 4.79 Å². The van der Waals surface area contributed by atoms with Crippen LogP contribution in [0, 0.1) is 5.92 Å². The van der Waals surface area contributed by atoms with E-state index in [4.69, 9.17) is 5.73 Å². The van der Waals surface area contributed by atoms with Crippen molar-refractivity contribution >= 4 is 23.4 Å². The van der Waals surface area contributed by atoms with Crippen molar-refractivity contribution in [2.75, 3.05) is 17.2 Å². The molecule has 0 aliphatic carbocycles. The molecule has 18 heavy (non-hydrogen) atoms. The minimum absolute atomic E-state index is 0.0529. The number of benzene rings is 1. The van der Waals surface area contributed by atoms with E-state index in [0.717, 1.165) is 24.4 Å². The van der Waals surface area contributed by atoms with E-state index in [2.05, 4.69) is 13.0 Å². The first-order valence-corrected chi connectivity index (χ1v) is 7.42. The lowest BCUT2D eigenvalue weighted by molar-refractivity contribution is -0.120. The van der Waals surface area contributed by atoms with Crippen LogP contribution in [0.4, 0.5) is 5.69 Å². The zero-order valence-corrected chi connectivity index (χ0v) is 11.7. The summed E-state index contributed by atoms with van der Waals surface area (Å²) in [5, 5.41) is 0. The molecule has 4 heteroatoms. The molecule has 98 valence electrons. The zero-order valence-electron chi connectivity index (χ0n) is 10.9. The van der Waals surface area contributed by atoms with Crippen LogP contribution in [0.5, 0.6) is 0 Å². The van der Waals surface area contributed by atoms with Crippen molar-refractivity contribution in [1.82, 2.24) is 0 Å². The van der Waals surface area contributed by atoms with Crippen LogP contribution in [0.2, 0.25) is 0 Å². The summed E-state index contributed by atoms with van der Waals surface area (Å²) >= 11 is 1.80. The molecule has 1 amide bonds. The van der Waals surface area contributed by atoms with Crippen LogP contribution in [0.1, 0.15) is 20.3 Å². The molecule has 2 N–H and O–H groups in total. The highest BCUT2D eigenvalue weighted by Gasteiger charge is 2.28. The largest absolute Gasteiger partial charge is 0.320 e. The van der Waals surface area contributed by atoms with E-state index in [1.54, 1.807) is 11.8 Å². The number of hydrogen-bond donors (Lipinski definition) is 1. The maximum Gasteiger partial charge on any atom is 0.244 e. The Morgan fingerprint density at radius 2 is 2.22 bits per heavy atom. The summed E-state index contributed by atoms with van der Waals surface area (Å²) in [4.78, 5) is 15.5. The first-order valence-electron chi connectivity index (χ1n) is 6.44. The topological polar surface area (TPSA) is 46.3 Å². The summed E-state index contributed by atoms with van der Waals surface area (Å²) in [6, 6.07) is 7.65. The Balaban J connectivity index is 2.22. The minimum atomic E-state index is -0.397. The number of rotatable bonds is 3. The van der Waals surface area contributed by atoms with Gasteiger partial charge in [-0.3, -0.25) is 4.79 Å². The molecule has 2 rings (SSSR count). The number of anilines is 1. The molecule has 0 radical (unpaired) electrons. The molecule has 1 aromatic carbocycles. The highest BCUT2D eigenvalue weighted by molar-refractivity contribution is 7.99. The smallest absolute Gasteiger partial charge is 0.244 e. The summed E-state index contributed by atoms with van der Waals surface area (Å²) in [6.07, 6.45) is 0.928. The number of para-hydroxylation sites is 1. The van der Waals surface area contributed by atoms with Gasteiger partial charge in [0.15, 0.2) is 0 Å². The van der Waals surface area contributed by atoms with Gasteiger partial charge in [0.25, 0.3) is 0 Å². The monoisotopic (exact) mass is 264 g/mol. The number of carbonyl (C=O) groups excluding carboxylic acids is 1. The van der Waals surface area contributed by atoms with Gasteiger partial charge in [0, 0.05) is 17.2 Å². The molecule has 3 nitrogen and oxygen atoms in total. The second-order valence-corrected chi connectivity index (χ2v) is 5.85. The Hall–Kier alpha value is -1.00. The third-order valence-corrected chi connectivity index (χ3v) is 4.58. The van der Waals surface area contributed by atoms with Gasteiger partial charge >= 0.3 is 0 Å². The van der Waals surface area contributed by atoms with Crippen LogP contribution < -0.4 is 10.6 Å². The van der Waals surface area contributed by atoms with Gasteiger partial charge in [-0.05, 0) is 18.1 Å². The van der Waals surface area contributed by atoms with Crippen LogP contribution >= 0.6 is 11.8 Å². The maximum absolute atomic E-state index is 12.5. The van der Waals surface area contributed by atoms with Gasteiger partial charge < -0.3 is 10.6 Å². The van der Waals surface area contributed by atoms with E-state index in [9.17, 15) is 4.79 Å². The van der Waals surface area contributed by atoms with E-state index in [-0.39, 0.29) is 11.8 Å². The van der Waals surface area contributed by atoms with Gasteiger partial charge in [-0.25, -0.2) is 0 Å². The third-order valence-electron chi connectivity index (χ3n) is 3.54. The molecule has 0 bridgehead atoms. The molecular weight excluding hydrogens is 244 g/mol. The van der Waals surface area contributed by atoms with Crippen molar-refractivity contribution in [2.45, 2.75) is 31.2 Å². The molecule has 1 aliphatic rings. The zero-order chi connectivity index (χ0) is 13.1. The van der Waals surface area contributed by atoms with Gasteiger partial charge in [-0.1, -0.05) is 32.4 Å². The molecule has 1 aliphatic heterocycles. The van der Waals surface area contributed by atoms with Gasteiger partial charge in [-0.15, -0.1) is 11.8 Å². The Labute approximate surface area is 113 Å². The number of hydrogen-bond acceptors (Lipinski definition) is 3. The number of nitrogens with two attached hydrogens (primary N) is 1. The lowest BCUT2D eigenvalue weighted by atomic mass is 9.98. The standard InChI is InChI=1S/C14H20N2OS/c1-3-10(2)13(15)14(17)16-8-9-18-12-7-5-4-6-11(12)16/h4-7,10,13H,3,8-9,15H2,1-2H3. The average Bonchev–Trinajstić information content (AvgIpc) is 2.44. The van der Waals surface area contributed by atoms with E-state index < -0.39 is 6.04 Å². The average molecular weight is 264 g/mol. The molecular formula is C14H20N2OS. The molecule has 2 unspecified atom stereocenters. The molecule has 2 atom stereocenters. The van der Waals surface area contributed by atoms with Crippen molar-refractivity contribution in [2.24, 2.45) is 11.7 Å². The van der Waals surface area contributed by atoms with Crippen LogP contribution in [0.15, 0.2) is 29.2 Å². The van der Waals surface area contributed by atoms with Crippen molar-refractivity contribution in [3.05, 3.63) is 24.3 Å². The Kier molecular flexibility index (Phi) is 4.30. The number of carbonyl (C=O) groups is 1. The van der Waals surface area contributed by atoms with Crippen molar-refractivity contribution in [3.63, 3.8) is 0 Å². The van der Waals surface area contributed by atoms with Crippen molar-refractivity contribution in [3.8, 4) is 0 Å². The van der Waals surface area contributed by atoms with Gasteiger partial charge in [-0.2, -0.15) is 0 Å². The van der Waals surface area contributed by atoms with Gasteiger partial charge in [0.1, 0.15) is 0 Å². The fraction of sp³-hybridized carbons (Fsp3) is 0.500. The Morgan fingerprint density at radius 3 is 2.94 bits per heavy atom. The van der Waals surface area contributed by atoms with Crippen LogP contribution in [-0.4, -0.2) is 24.2 Å². The molecule has 0 saturated carbocycles. The molecule has 1 heterocycles. The quantitative estimate of drug-likeness (QED) is 0.912. The van der Waals surface area contributed by atoms with Crippen LogP contribution in [-0.2, 0) is 4.79 Å². The van der Waals surface area contributed by atoms with E-state index in [1.807, 2.05) is 30.0 Å². The van der Waals surface area contributed by atoms with E-state index >= 15 is 0 Å². The number of amides is 1. The maximum atomic E-state index is 12.5. The lowest BCUT2D eigenvalue weighted by Gasteiger charge is -2.32. The normalized spacial score (nSPS) is 18.1. The molecule has 0 spiro atoms. The first-order chi connectivity index (χ1) is 8.65. The predicted octanol–water partition coefficient (Wildman–Crippen LogP) is 2.50. The predicted molar refractivity (Wildman–Crippen MR) is 76.9 cm³/mol. The summed E-state index contributed by atoms with van der Waals surface area (Å²) in [6.45, 7) is 4.86. The molecule has 0 saturated heterocycles. The van der Waals surface area contributed by atoms with Crippen LogP contribution in [0.3, 0.4) is 0 Å². The fourth-order valence-corrected chi connectivity index (χ4v) is 3.07. The minimum Gasteiger partial charge on any atom is -0.320 e. The van der Waals surface area contributed by atoms with Gasteiger partial charge in [0.05, 0.1) is 11.7 Å². The highest BCUT2D eigenvalue weighted by Crippen LogP contribution is 2.34. The molecule has 1 aromatic rings. The third kappa shape index (κ3) is 2.54. The fourth-order valence-electron chi connectivity index (χ4n) is 2.08.